The molecule has 5 heterocycles. The lowest BCUT2D eigenvalue weighted by Gasteiger charge is -2.36. The van der Waals surface area contributed by atoms with Crippen LogP contribution < -0.4 is 5.32 Å². The Labute approximate surface area is 284 Å². The van der Waals surface area contributed by atoms with E-state index in [1.165, 1.54) is 21.3 Å². The number of benzene rings is 1. The molecule has 0 saturated carbocycles. The second kappa shape index (κ2) is 14.4. The molecule has 2 aromatic rings. The summed E-state index contributed by atoms with van der Waals surface area (Å²) >= 11 is 0. The number of amides is 3. The van der Waals surface area contributed by atoms with Crippen LogP contribution in [0, 0.1) is 0 Å². The molecule has 12 nitrogen and oxygen atoms in total. The van der Waals surface area contributed by atoms with Crippen LogP contribution in [0.5, 0.6) is 0 Å². The van der Waals surface area contributed by atoms with E-state index in [2.05, 4.69) is 10.2 Å². The molecule has 0 atom stereocenters. The van der Waals surface area contributed by atoms with Crippen molar-refractivity contribution in [2.24, 2.45) is 0 Å². The number of hydrogen-bond acceptors (Lipinski definition) is 7. The van der Waals surface area contributed by atoms with Crippen LogP contribution in [0.2, 0.25) is 0 Å². The van der Waals surface area contributed by atoms with Gasteiger partial charge in [-0.1, -0.05) is 6.07 Å². The van der Waals surface area contributed by atoms with Crippen LogP contribution in [0.1, 0.15) is 67.3 Å². The molecule has 6 rings (SSSR count). The van der Waals surface area contributed by atoms with E-state index in [1.54, 1.807) is 0 Å². The number of piperidine rings is 1. The molecule has 0 unspecified atom stereocenters. The van der Waals surface area contributed by atoms with Gasteiger partial charge < -0.3 is 20.0 Å². The maximum absolute atomic E-state index is 14.1. The Morgan fingerprint density at radius 3 is 2.37 bits per heavy atom. The molecule has 3 amide bonds. The smallest absolute Gasteiger partial charge is 0.350 e. The summed E-state index contributed by atoms with van der Waals surface area (Å²) < 4.78 is 70.5. The summed E-state index contributed by atoms with van der Waals surface area (Å²) in [6.45, 7) is 4.21. The highest BCUT2D eigenvalue weighted by atomic mass is 32.2. The SMILES string of the molecule is CS(=O)(=O)N1CCc2c(c(-c3ccc(C(F)(F)F)c(CNC(=O)CN4CCCC4=O)c3)nn2CCCN2CCC(N3CCCC3=O)CC2)C1. The Hall–Kier alpha value is -3.50. The molecule has 49 heavy (non-hydrogen) atoms. The van der Waals surface area contributed by atoms with Crippen molar-refractivity contribution in [2.75, 3.05) is 52.1 Å². The number of carbonyl (C=O) groups is 3. The maximum Gasteiger partial charge on any atom is 0.416 e. The lowest BCUT2D eigenvalue weighted by molar-refractivity contribution is -0.138. The quantitative estimate of drug-likeness (QED) is 0.381. The van der Waals surface area contributed by atoms with Crippen LogP contribution in [-0.2, 0) is 56.6 Å². The minimum absolute atomic E-state index is 0.0587. The highest BCUT2D eigenvalue weighted by Gasteiger charge is 2.35. The Morgan fingerprint density at radius 1 is 0.980 bits per heavy atom. The van der Waals surface area contributed by atoms with Gasteiger partial charge in [-0.2, -0.15) is 22.6 Å². The van der Waals surface area contributed by atoms with Gasteiger partial charge in [0.15, 0.2) is 0 Å². The standard InChI is InChI=1S/C33H44F3N7O5S/c1-49(47,48)41-18-11-28-26(21-41)32(38-43(28)15-4-12-39-16-9-25(10-17-39)42-14-3-6-31(42)46)23-7-8-27(33(34,35)36)24(19-23)20-37-29(44)22-40-13-2-5-30(40)45/h7-8,19,25H,2-6,9-18,20-22H2,1H3,(H,37,44). The number of hydrogen-bond donors (Lipinski definition) is 1. The lowest BCUT2D eigenvalue weighted by atomic mass is 9.97. The summed E-state index contributed by atoms with van der Waals surface area (Å²) in [7, 11) is -3.53. The fraction of sp³-hybridized carbons (Fsp3) is 0.636. The number of nitrogens with one attached hydrogen (secondary N) is 1. The third kappa shape index (κ3) is 8.12. The van der Waals surface area contributed by atoms with E-state index in [9.17, 15) is 36.0 Å². The summed E-state index contributed by atoms with van der Waals surface area (Å²) in [5, 5.41) is 7.40. The molecule has 16 heteroatoms. The molecule has 0 bridgehead atoms. The number of nitrogens with zero attached hydrogens (tertiary/aromatic N) is 6. The van der Waals surface area contributed by atoms with Crippen molar-refractivity contribution < 1.29 is 36.0 Å². The fourth-order valence-corrected chi connectivity index (χ4v) is 8.36. The predicted octanol–water partition coefficient (Wildman–Crippen LogP) is 2.60. The number of sulfonamides is 1. The second-order valence-electron chi connectivity index (χ2n) is 13.5. The number of alkyl halides is 3. The summed E-state index contributed by atoms with van der Waals surface area (Å²) in [6, 6.07) is 3.99. The molecule has 0 radical (unpaired) electrons. The van der Waals surface area contributed by atoms with E-state index in [4.69, 9.17) is 5.10 Å². The molecule has 4 aliphatic rings. The average molecular weight is 708 g/mol. The third-order valence-corrected chi connectivity index (χ3v) is 11.4. The zero-order valence-corrected chi connectivity index (χ0v) is 28.6. The van der Waals surface area contributed by atoms with E-state index in [0.717, 1.165) is 69.9 Å². The van der Waals surface area contributed by atoms with Gasteiger partial charge in [-0.05, 0) is 56.3 Å². The van der Waals surface area contributed by atoms with Crippen molar-refractivity contribution in [1.29, 1.82) is 0 Å². The van der Waals surface area contributed by atoms with Gasteiger partial charge >= 0.3 is 6.18 Å². The topological polar surface area (TPSA) is 128 Å². The van der Waals surface area contributed by atoms with E-state index < -0.39 is 34.2 Å². The van der Waals surface area contributed by atoms with Crippen molar-refractivity contribution in [3.8, 4) is 11.3 Å². The third-order valence-electron chi connectivity index (χ3n) is 10.2. The Balaban J connectivity index is 1.19. The predicted molar refractivity (Wildman–Crippen MR) is 174 cm³/mol. The Morgan fingerprint density at radius 2 is 1.71 bits per heavy atom. The first-order valence-electron chi connectivity index (χ1n) is 17.1. The minimum Gasteiger partial charge on any atom is -0.350 e. The van der Waals surface area contributed by atoms with E-state index in [-0.39, 0.29) is 37.0 Å². The first-order valence-corrected chi connectivity index (χ1v) is 18.9. The van der Waals surface area contributed by atoms with Crippen LogP contribution >= 0.6 is 0 Å². The van der Waals surface area contributed by atoms with Crippen LogP contribution in [0.15, 0.2) is 18.2 Å². The molecule has 1 aromatic carbocycles. The number of rotatable bonds is 11. The van der Waals surface area contributed by atoms with Gasteiger partial charge in [0, 0.05) is 94.5 Å². The number of aryl methyl sites for hydroxylation is 1. The molecule has 0 aliphatic carbocycles. The van der Waals surface area contributed by atoms with Crippen molar-refractivity contribution in [1.82, 2.24) is 34.1 Å². The molecule has 268 valence electrons. The number of likely N-dealkylation sites (tertiary alicyclic amines) is 3. The van der Waals surface area contributed by atoms with Crippen LogP contribution in [0.25, 0.3) is 11.3 Å². The fourth-order valence-electron chi connectivity index (χ4n) is 7.58. The van der Waals surface area contributed by atoms with Crippen molar-refractivity contribution in [3.63, 3.8) is 0 Å². The van der Waals surface area contributed by atoms with Crippen molar-refractivity contribution in [3.05, 3.63) is 40.6 Å². The molecule has 1 N–H and O–H groups in total. The van der Waals surface area contributed by atoms with Gasteiger partial charge in [-0.3, -0.25) is 19.1 Å². The van der Waals surface area contributed by atoms with E-state index in [0.29, 0.717) is 61.6 Å². The monoisotopic (exact) mass is 707 g/mol. The average Bonchev–Trinajstić information content (AvgIpc) is 3.77. The zero-order valence-electron chi connectivity index (χ0n) is 27.8. The van der Waals surface area contributed by atoms with Gasteiger partial charge in [-0.25, -0.2) is 8.42 Å². The van der Waals surface area contributed by atoms with Gasteiger partial charge in [0.2, 0.25) is 27.7 Å². The molecular weight excluding hydrogens is 663 g/mol. The summed E-state index contributed by atoms with van der Waals surface area (Å²) in [5.41, 5.74) is 1.31. The summed E-state index contributed by atoms with van der Waals surface area (Å²) in [5.74, 6) is -0.448. The molecule has 1 aromatic heterocycles. The summed E-state index contributed by atoms with van der Waals surface area (Å²) in [4.78, 5) is 42.5. The first kappa shape index (κ1) is 35.3. The maximum atomic E-state index is 14.1. The number of fused-ring (bicyclic) bond motifs is 1. The van der Waals surface area contributed by atoms with E-state index >= 15 is 0 Å². The number of carbonyl (C=O) groups excluding carboxylic acids is 3. The van der Waals surface area contributed by atoms with Crippen molar-refractivity contribution >= 4 is 27.7 Å². The van der Waals surface area contributed by atoms with Gasteiger partial charge in [0.05, 0.1) is 24.1 Å². The molecular formula is C33H44F3N7O5S. The lowest BCUT2D eigenvalue weighted by Crippen LogP contribution is -2.45. The first-order chi connectivity index (χ1) is 23.3. The molecule has 4 aliphatic heterocycles. The van der Waals surface area contributed by atoms with Crippen LogP contribution in [0.4, 0.5) is 13.2 Å². The highest BCUT2D eigenvalue weighted by Crippen LogP contribution is 2.37. The number of halogens is 3. The normalized spacial score (nSPS) is 20.0. The van der Waals surface area contributed by atoms with E-state index in [1.807, 2.05) is 9.58 Å². The molecule has 3 fully saturated rings. The highest BCUT2D eigenvalue weighted by molar-refractivity contribution is 7.88. The Kier molecular flexibility index (Phi) is 10.4. The van der Waals surface area contributed by atoms with Crippen LogP contribution in [-0.4, -0.2) is 113 Å². The molecule has 3 saturated heterocycles. The molecule has 0 spiro atoms. The van der Waals surface area contributed by atoms with Crippen LogP contribution in [0.3, 0.4) is 0 Å². The Bertz CT molecular complexity index is 1690. The van der Waals surface area contributed by atoms with Crippen molar-refractivity contribution in [2.45, 2.75) is 83.2 Å². The minimum atomic E-state index is -4.67. The van der Waals surface area contributed by atoms with Gasteiger partial charge in [-0.15, -0.1) is 0 Å². The zero-order chi connectivity index (χ0) is 34.9. The summed E-state index contributed by atoms with van der Waals surface area (Å²) in [6.07, 6.45) is 2.12. The second-order valence-corrected chi connectivity index (χ2v) is 15.5. The van der Waals surface area contributed by atoms with Gasteiger partial charge in [0.25, 0.3) is 0 Å². The largest absolute Gasteiger partial charge is 0.416 e. The number of aromatic nitrogens is 2. The van der Waals surface area contributed by atoms with Gasteiger partial charge in [0.1, 0.15) is 0 Å².